The Balaban J connectivity index is 4.33. The predicted octanol–water partition coefficient (Wildman–Crippen LogP) is 3.45. The van der Waals surface area contributed by atoms with Crippen molar-refractivity contribution < 1.29 is 16.4 Å². The molecule has 78 valence electrons. The molecule has 1 unspecified atom stereocenters. The molecule has 0 aliphatic heterocycles. The summed E-state index contributed by atoms with van der Waals surface area (Å²) >= 11 is 0. The quantitative estimate of drug-likeness (QED) is 0.517. The van der Waals surface area contributed by atoms with Crippen LogP contribution in [0.3, 0.4) is 0 Å². The van der Waals surface area contributed by atoms with Crippen molar-refractivity contribution in [3.8, 4) is 0 Å². The van der Waals surface area contributed by atoms with Crippen molar-refractivity contribution in [2.75, 3.05) is 0 Å². The molecule has 0 N–H and O–H groups in total. The van der Waals surface area contributed by atoms with Crippen LogP contribution in [-0.4, -0.2) is 17.6 Å². The zero-order valence-corrected chi connectivity index (χ0v) is 10.2. The van der Waals surface area contributed by atoms with Gasteiger partial charge in [-0.1, -0.05) is 19.9 Å². The topological polar surface area (TPSA) is 9.23 Å². The van der Waals surface area contributed by atoms with E-state index in [2.05, 4.69) is 10.7 Å². The molecule has 0 saturated carbocycles. The minimum absolute atomic E-state index is 0.114. The fourth-order valence-corrected chi connectivity index (χ4v) is 4.99. The first-order chi connectivity index (χ1) is 5.71. The van der Waals surface area contributed by atoms with Crippen LogP contribution in [0.1, 0.15) is 20.3 Å². The molecule has 0 aromatic carbocycles. The molecule has 1 atom stereocenters. The zero-order chi connectivity index (χ0) is 10.7. The van der Waals surface area contributed by atoms with Gasteiger partial charge < -0.3 is 4.12 Å². The summed E-state index contributed by atoms with van der Waals surface area (Å²) in [5, 5.41) is -0.319. The Labute approximate surface area is 79.4 Å². The standard InChI is InChI=1S/C7H15F3OSi2/c1-5-6-12(4,8)11-13(9,10)7(2)3/h2,5-6H2,1,3-4H3. The van der Waals surface area contributed by atoms with Crippen LogP contribution in [0.4, 0.5) is 12.3 Å². The predicted molar refractivity (Wildman–Crippen MR) is 51.7 cm³/mol. The van der Waals surface area contributed by atoms with Gasteiger partial charge in [0, 0.05) is 0 Å². The fraction of sp³-hybridized carbons (Fsp3) is 0.714. The molecule has 0 spiro atoms. The summed E-state index contributed by atoms with van der Waals surface area (Å²) in [6, 6.07) is 0.114. The molecule has 1 nitrogen and oxygen atoms in total. The van der Waals surface area contributed by atoms with Gasteiger partial charge in [-0.05, 0) is 24.7 Å². The Kier molecular flexibility index (Phi) is 4.40. The second-order valence-electron chi connectivity index (χ2n) is 3.25. The molecule has 0 aliphatic rings. The second-order valence-corrected chi connectivity index (χ2v) is 8.66. The summed E-state index contributed by atoms with van der Waals surface area (Å²) in [6.07, 6.45) is 0.528. The molecule has 0 amide bonds. The summed E-state index contributed by atoms with van der Waals surface area (Å²) in [5.74, 6) is 0. The highest BCUT2D eigenvalue weighted by Gasteiger charge is 2.48. The van der Waals surface area contributed by atoms with Gasteiger partial charge in [-0.2, -0.15) is 0 Å². The van der Waals surface area contributed by atoms with E-state index >= 15 is 0 Å². The molecule has 0 aromatic rings. The summed E-state index contributed by atoms with van der Waals surface area (Å²) in [4.78, 5) is 0. The van der Waals surface area contributed by atoms with Crippen molar-refractivity contribution in [3.05, 3.63) is 11.8 Å². The Morgan fingerprint density at radius 3 is 2.15 bits per heavy atom. The average Bonchev–Trinajstić information content (AvgIpc) is 1.83. The zero-order valence-electron chi connectivity index (χ0n) is 8.16. The van der Waals surface area contributed by atoms with Gasteiger partial charge in [-0.3, -0.25) is 4.11 Å². The highest BCUT2D eigenvalue weighted by molar-refractivity contribution is 6.80. The molecule has 0 rings (SSSR count). The molecule has 0 heterocycles. The second kappa shape index (κ2) is 4.43. The van der Waals surface area contributed by atoms with E-state index in [9.17, 15) is 12.3 Å². The van der Waals surface area contributed by atoms with Crippen LogP contribution in [0.25, 0.3) is 0 Å². The van der Waals surface area contributed by atoms with Gasteiger partial charge in [0.1, 0.15) is 0 Å². The lowest BCUT2D eigenvalue weighted by molar-refractivity contribution is 0.348. The van der Waals surface area contributed by atoms with Gasteiger partial charge in [0.05, 0.1) is 0 Å². The van der Waals surface area contributed by atoms with E-state index in [4.69, 9.17) is 0 Å². The maximum absolute atomic E-state index is 13.4. The third-order valence-corrected chi connectivity index (χ3v) is 6.65. The number of allylic oxidation sites excluding steroid dienone is 1. The fourth-order valence-electron chi connectivity index (χ4n) is 0.852. The van der Waals surface area contributed by atoms with E-state index in [1.165, 1.54) is 13.5 Å². The van der Waals surface area contributed by atoms with Crippen LogP contribution < -0.4 is 0 Å². The largest absolute Gasteiger partial charge is 0.600 e. The molecular formula is C7H15F3OSi2. The Morgan fingerprint density at radius 1 is 1.38 bits per heavy atom. The number of rotatable bonds is 5. The minimum atomic E-state index is -4.96. The smallest absolute Gasteiger partial charge is 0.381 e. The monoisotopic (exact) mass is 228 g/mol. The first-order valence-electron chi connectivity index (χ1n) is 4.14. The van der Waals surface area contributed by atoms with Gasteiger partial charge in [-0.25, -0.2) is 8.22 Å². The lowest BCUT2D eigenvalue weighted by Gasteiger charge is -2.22. The first-order valence-corrected chi connectivity index (χ1v) is 8.30. The molecule has 0 fully saturated rings. The lowest BCUT2D eigenvalue weighted by Crippen LogP contribution is -2.42. The summed E-state index contributed by atoms with van der Waals surface area (Å²) < 4.78 is 43.6. The molecule has 6 heteroatoms. The lowest BCUT2D eigenvalue weighted by atomic mass is 10.6. The molecular weight excluding hydrogens is 213 g/mol. The summed E-state index contributed by atoms with van der Waals surface area (Å²) in [7, 11) is -8.61. The van der Waals surface area contributed by atoms with E-state index in [1.807, 2.05) is 0 Å². The third-order valence-electron chi connectivity index (χ3n) is 1.53. The normalized spacial score (nSPS) is 16.8. The van der Waals surface area contributed by atoms with E-state index < -0.39 is 17.6 Å². The van der Waals surface area contributed by atoms with Crippen molar-refractivity contribution in [3.63, 3.8) is 0 Å². The maximum Gasteiger partial charge on any atom is 0.600 e. The van der Waals surface area contributed by atoms with E-state index in [1.54, 1.807) is 6.92 Å². The SMILES string of the molecule is C=C(C)[Si](F)(F)O[Si](C)(F)CCC. The minimum Gasteiger partial charge on any atom is -0.381 e. The average molecular weight is 228 g/mol. The Hall–Kier alpha value is -0.0762. The van der Waals surface area contributed by atoms with Crippen LogP contribution >= 0.6 is 0 Å². The summed E-state index contributed by atoms with van der Waals surface area (Å²) in [6.45, 7) is 7.21. The van der Waals surface area contributed by atoms with Crippen molar-refractivity contribution in [2.24, 2.45) is 0 Å². The van der Waals surface area contributed by atoms with E-state index in [-0.39, 0.29) is 11.2 Å². The van der Waals surface area contributed by atoms with Crippen LogP contribution in [-0.2, 0) is 4.12 Å². The molecule has 13 heavy (non-hydrogen) atoms. The Morgan fingerprint density at radius 2 is 1.85 bits per heavy atom. The van der Waals surface area contributed by atoms with Gasteiger partial charge in [0.2, 0.25) is 0 Å². The molecule has 0 saturated heterocycles. The van der Waals surface area contributed by atoms with Crippen LogP contribution in [0.2, 0.25) is 12.6 Å². The van der Waals surface area contributed by atoms with Gasteiger partial charge >= 0.3 is 17.6 Å². The summed E-state index contributed by atoms with van der Waals surface area (Å²) in [5.41, 5.74) is 0. The number of hydrogen-bond donors (Lipinski definition) is 0. The third kappa shape index (κ3) is 4.63. The maximum atomic E-state index is 13.4. The van der Waals surface area contributed by atoms with Crippen molar-refractivity contribution >= 4 is 17.6 Å². The van der Waals surface area contributed by atoms with Crippen LogP contribution in [0.15, 0.2) is 11.8 Å². The van der Waals surface area contributed by atoms with Crippen molar-refractivity contribution in [1.82, 2.24) is 0 Å². The van der Waals surface area contributed by atoms with Crippen LogP contribution in [0.5, 0.6) is 0 Å². The van der Waals surface area contributed by atoms with Crippen molar-refractivity contribution in [1.29, 1.82) is 0 Å². The van der Waals surface area contributed by atoms with E-state index in [0.717, 1.165) is 0 Å². The van der Waals surface area contributed by atoms with Gasteiger partial charge in [-0.15, -0.1) is 0 Å². The number of halogens is 3. The highest BCUT2D eigenvalue weighted by atomic mass is 28.5. The van der Waals surface area contributed by atoms with Gasteiger partial charge in [0.25, 0.3) is 0 Å². The molecule has 0 aromatic heterocycles. The van der Waals surface area contributed by atoms with Crippen LogP contribution in [0, 0.1) is 0 Å². The van der Waals surface area contributed by atoms with E-state index in [0.29, 0.717) is 6.42 Å². The highest BCUT2D eigenvalue weighted by Crippen LogP contribution is 2.26. The van der Waals surface area contributed by atoms with Gasteiger partial charge in [0.15, 0.2) is 0 Å². The Bertz CT molecular complexity index is 194. The molecule has 0 bridgehead atoms. The molecule has 0 aliphatic carbocycles. The number of hydrogen-bond acceptors (Lipinski definition) is 1. The van der Waals surface area contributed by atoms with Crippen molar-refractivity contribution in [2.45, 2.75) is 32.9 Å². The first kappa shape index (κ1) is 12.9. The molecule has 0 radical (unpaired) electrons.